The molecule has 0 radical (unpaired) electrons. The highest BCUT2D eigenvalue weighted by Crippen LogP contribution is 2.83. The lowest BCUT2D eigenvalue weighted by molar-refractivity contribution is 0.0556. The monoisotopic (exact) mass is 180 g/mol. The third kappa shape index (κ3) is 0.674. The predicted molar refractivity (Wildman–Crippen MR) is 52.3 cm³/mol. The summed E-state index contributed by atoms with van der Waals surface area (Å²) < 4.78 is 0. The van der Waals surface area contributed by atoms with E-state index in [0.717, 1.165) is 12.3 Å². The maximum Gasteiger partial charge on any atom is 0.0574 e. The van der Waals surface area contributed by atoms with Crippen molar-refractivity contribution in [1.29, 1.82) is 0 Å². The van der Waals surface area contributed by atoms with Crippen LogP contribution in [-0.4, -0.2) is 11.2 Å². The summed E-state index contributed by atoms with van der Waals surface area (Å²) in [5.74, 6) is 1.44. The lowest BCUT2D eigenvalue weighted by atomic mass is 9.72. The molecule has 1 heteroatoms. The molecule has 3 aliphatic rings. The number of hydrogen-bond donors (Lipinski definition) is 1. The second-order valence-electron chi connectivity index (χ2n) is 5.81. The van der Waals surface area contributed by atoms with Crippen LogP contribution >= 0.6 is 0 Å². The Morgan fingerprint density at radius 3 is 2.69 bits per heavy atom. The van der Waals surface area contributed by atoms with E-state index in [1.807, 2.05) is 0 Å². The lowest BCUT2D eigenvalue weighted by Gasteiger charge is -2.34. The van der Waals surface area contributed by atoms with Crippen molar-refractivity contribution in [2.45, 2.75) is 52.1 Å². The molecule has 3 aliphatic carbocycles. The fourth-order valence-electron chi connectivity index (χ4n) is 5.00. The van der Waals surface area contributed by atoms with E-state index >= 15 is 0 Å². The molecule has 0 aromatic heterocycles. The Morgan fingerprint density at radius 2 is 1.92 bits per heavy atom. The number of aliphatic hydroxyl groups excluding tert-OH is 1. The second-order valence-corrected chi connectivity index (χ2v) is 5.81. The zero-order valence-corrected chi connectivity index (χ0v) is 8.71. The van der Waals surface area contributed by atoms with Gasteiger partial charge in [-0.2, -0.15) is 0 Å². The average Bonchev–Trinajstić information content (AvgIpc) is 2.55. The van der Waals surface area contributed by atoms with Crippen LogP contribution < -0.4 is 0 Å². The van der Waals surface area contributed by atoms with E-state index in [4.69, 9.17) is 0 Å². The topological polar surface area (TPSA) is 20.2 Å². The minimum atomic E-state index is 0.0103. The Labute approximate surface area is 80.5 Å². The van der Waals surface area contributed by atoms with Gasteiger partial charge in [-0.15, -0.1) is 0 Å². The summed E-state index contributed by atoms with van der Waals surface area (Å²) in [7, 11) is 0. The van der Waals surface area contributed by atoms with Gasteiger partial charge in [0.05, 0.1) is 6.10 Å². The van der Waals surface area contributed by atoms with Crippen LogP contribution in [0, 0.1) is 22.7 Å². The minimum Gasteiger partial charge on any atom is -0.393 e. The Bertz CT molecular complexity index is 250. The molecule has 13 heavy (non-hydrogen) atoms. The maximum atomic E-state index is 9.85. The third-order valence-electron chi connectivity index (χ3n) is 5.77. The molecule has 1 N–H and O–H groups in total. The Balaban J connectivity index is 1.96. The summed E-state index contributed by atoms with van der Waals surface area (Å²) in [5, 5.41) is 9.85. The van der Waals surface area contributed by atoms with Crippen molar-refractivity contribution in [3.63, 3.8) is 0 Å². The molecule has 5 unspecified atom stereocenters. The van der Waals surface area contributed by atoms with Gasteiger partial charge in [-0.1, -0.05) is 26.7 Å². The fraction of sp³-hybridized carbons (Fsp3) is 1.00. The summed E-state index contributed by atoms with van der Waals surface area (Å²) in [6.45, 7) is 4.75. The van der Waals surface area contributed by atoms with E-state index in [0.29, 0.717) is 16.7 Å². The van der Waals surface area contributed by atoms with Crippen LogP contribution in [0.2, 0.25) is 0 Å². The highest BCUT2D eigenvalue weighted by molar-refractivity contribution is 5.26. The fourth-order valence-corrected chi connectivity index (χ4v) is 5.00. The molecule has 0 aliphatic heterocycles. The Kier molecular flexibility index (Phi) is 1.36. The first-order valence-corrected chi connectivity index (χ1v) is 5.81. The molecule has 0 heterocycles. The van der Waals surface area contributed by atoms with Crippen LogP contribution in [0.15, 0.2) is 0 Å². The summed E-state index contributed by atoms with van der Waals surface area (Å²) >= 11 is 0. The molecule has 0 aromatic rings. The predicted octanol–water partition coefficient (Wildman–Crippen LogP) is 2.58. The van der Waals surface area contributed by atoms with Crippen LogP contribution in [0.5, 0.6) is 0 Å². The summed E-state index contributed by atoms with van der Waals surface area (Å²) in [4.78, 5) is 0. The van der Waals surface area contributed by atoms with Crippen LogP contribution in [0.1, 0.15) is 46.0 Å². The number of hydrogen-bond acceptors (Lipinski definition) is 1. The van der Waals surface area contributed by atoms with Crippen LogP contribution in [0.4, 0.5) is 0 Å². The van der Waals surface area contributed by atoms with Crippen molar-refractivity contribution in [2.24, 2.45) is 22.7 Å². The van der Waals surface area contributed by atoms with Gasteiger partial charge in [-0.25, -0.2) is 0 Å². The molecule has 3 rings (SSSR count). The first-order chi connectivity index (χ1) is 6.13. The SMILES string of the molecule is CC1C(O)CC2C3(C)CCCCC123. The third-order valence-corrected chi connectivity index (χ3v) is 5.77. The largest absolute Gasteiger partial charge is 0.393 e. The van der Waals surface area contributed by atoms with Gasteiger partial charge >= 0.3 is 0 Å². The van der Waals surface area contributed by atoms with E-state index in [1.165, 1.54) is 25.7 Å². The van der Waals surface area contributed by atoms with Gasteiger partial charge in [-0.05, 0) is 41.9 Å². The minimum absolute atomic E-state index is 0.0103. The summed E-state index contributed by atoms with van der Waals surface area (Å²) in [5.41, 5.74) is 1.20. The molecule has 0 bridgehead atoms. The van der Waals surface area contributed by atoms with Crippen molar-refractivity contribution in [3.8, 4) is 0 Å². The van der Waals surface area contributed by atoms with Gasteiger partial charge in [0.25, 0.3) is 0 Å². The maximum absolute atomic E-state index is 9.85. The second kappa shape index (κ2) is 2.13. The van der Waals surface area contributed by atoms with E-state index in [9.17, 15) is 5.11 Å². The van der Waals surface area contributed by atoms with E-state index < -0.39 is 0 Å². The van der Waals surface area contributed by atoms with Crippen molar-refractivity contribution in [1.82, 2.24) is 0 Å². The molecule has 1 spiro atoms. The molecule has 1 nitrogen and oxygen atoms in total. The molecule has 3 fully saturated rings. The summed E-state index contributed by atoms with van der Waals surface area (Å²) in [6, 6.07) is 0. The summed E-state index contributed by atoms with van der Waals surface area (Å²) in [6.07, 6.45) is 6.76. The quantitative estimate of drug-likeness (QED) is 0.607. The van der Waals surface area contributed by atoms with Gasteiger partial charge in [0, 0.05) is 0 Å². The van der Waals surface area contributed by atoms with Crippen LogP contribution in [0.25, 0.3) is 0 Å². The zero-order chi connectivity index (χ0) is 9.27. The molecule has 0 saturated heterocycles. The van der Waals surface area contributed by atoms with Crippen LogP contribution in [-0.2, 0) is 0 Å². The molecular weight excluding hydrogens is 160 g/mol. The van der Waals surface area contributed by atoms with E-state index in [2.05, 4.69) is 13.8 Å². The van der Waals surface area contributed by atoms with E-state index in [1.54, 1.807) is 0 Å². The number of rotatable bonds is 0. The Hall–Kier alpha value is -0.0400. The average molecular weight is 180 g/mol. The smallest absolute Gasteiger partial charge is 0.0574 e. The highest BCUT2D eigenvalue weighted by Gasteiger charge is 2.78. The molecule has 0 amide bonds. The first-order valence-electron chi connectivity index (χ1n) is 5.81. The van der Waals surface area contributed by atoms with Crippen molar-refractivity contribution in [3.05, 3.63) is 0 Å². The van der Waals surface area contributed by atoms with Crippen LogP contribution in [0.3, 0.4) is 0 Å². The normalized spacial score (nSPS) is 64.4. The first kappa shape index (κ1) is 8.28. The van der Waals surface area contributed by atoms with Gasteiger partial charge in [0.1, 0.15) is 0 Å². The van der Waals surface area contributed by atoms with Gasteiger partial charge < -0.3 is 5.11 Å². The molecule has 74 valence electrons. The highest BCUT2D eigenvalue weighted by atomic mass is 16.3. The molecule has 5 atom stereocenters. The van der Waals surface area contributed by atoms with Gasteiger partial charge in [-0.3, -0.25) is 0 Å². The molecular formula is C12H20O. The number of aliphatic hydroxyl groups is 1. The van der Waals surface area contributed by atoms with E-state index in [-0.39, 0.29) is 6.10 Å². The Morgan fingerprint density at radius 1 is 1.23 bits per heavy atom. The molecule has 0 aromatic carbocycles. The molecule has 3 saturated carbocycles. The van der Waals surface area contributed by atoms with Gasteiger partial charge in [0.2, 0.25) is 0 Å². The van der Waals surface area contributed by atoms with Gasteiger partial charge in [0.15, 0.2) is 0 Å². The van der Waals surface area contributed by atoms with Crippen molar-refractivity contribution >= 4 is 0 Å². The van der Waals surface area contributed by atoms with Crippen molar-refractivity contribution < 1.29 is 5.11 Å². The standard InChI is InChI=1S/C12H20O/c1-8-9(13)7-10-11(2)5-3-4-6-12(8,10)11/h8-10,13H,3-7H2,1-2H3. The lowest BCUT2D eigenvalue weighted by Crippen LogP contribution is -2.30. The number of fused-ring (bicyclic) bond motifs is 1. The zero-order valence-electron chi connectivity index (χ0n) is 8.71. The van der Waals surface area contributed by atoms with Crippen molar-refractivity contribution in [2.75, 3.05) is 0 Å².